The van der Waals surface area contributed by atoms with Gasteiger partial charge in [-0.1, -0.05) is 0 Å². The van der Waals surface area contributed by atoms with Crippen LogP contribution in [0.4, 0.5) is 0 Å². The number of ether oxygens (including phenoxy) is 1. The topological polar surface area (TPSA) is 58.7 Å². The number of nitrogens with two attached hydrogens (primary N) is 1. The summed E-state index contributed by atoms with van der Waals surface area (Å²) in [6.45, 7) is 4.12. The summed E-state index contributed by atoms with van der Waals surface area (Å²) in [4.78, 5) is 2.45. The average molecular weight is 202 g/mol. The molecule has 1 aliphatic carbocycles. The first kappa shape index (κ1) is 11.9. The highest BCUT2D eigenvalue weighted by molar-refractivity contribution is 4.84. The summed E-state index contributed by atoms with van der Waals surface area (Å²) in [7, 11) is 0. The first-order chi connectivity index (χ1) is 6.88. The molecule has 0 unspecified atom stereocenters. The molecule has 1 saturated carbocycles. The Balaban J connectivity index is 2.02. The van der Waals surface area contributed by atoms with Crippen LogP contribution in [0, 0.1) is 0 Å². The van der Waals surface area contributed by atoms with E-state index in [1.54, 1.807) is 0 Å². The second-order valence-corrected chi connectivity index (χ2v) is 3.75. The van der Waals surface area contributed by atoms with Crippen molar-refractivity contribution in [3.63, 3.8) is 0 Å². The summed E-state index contributed by atoms with van der Waals surface area (Å²) in [5.74, 6) is 0. The molecule has 0 aromatic carbocycles. The third-order valence-corrected chi connectivity index (χ3v) is 2.47. The molecule has 0 saturated heterocycles. The Morgan fingerprint density at radius 1 is 1.29 bits per heavy atom. The number of hydrogen-bond acceptors (Lipinski definition) is 4. The van der Waals surface area contributed by atoms with Crippen molar-refractivity contribution < 1.29 is 9.84 Å². The smallest absolute Gasteiger partial charge is 0.0698 e. The molecule has 0 radical (unpaired) electrons. The van der Waals surface area contributed by atoms with Crippen LogP contribution in [0.15, 0.2) is 0 Å². The number of aliphatic hydroxyl groups is 1. The maximum atomic E-state index is 8.54. The Kier molecular flexibility index (Phi) is 6.10. The summed E-state index contributed by atoms with van der Waals surface area (Å²) < 4.78 is 5.25. The lowest BCUT2D eigenvalue weighted by atomic mass is 10.3. The molecule has 0 aromatic heterocycles. The monoisotopic (exact) mass is 202 g/mol. The molecule has 1 aliphatic rings. The minimum atomic E-state index is 0.117. The molecular weight excluding hydrogens is 180 g/mol. The number of hydrogen-bond donors (Lipinski definition) is 2. The third kappa shape index (κ3) is 4.91. The van der Waals surface area contributed by atoms with E-state index in [0.29, 0.717) is 6.61 Å². The van der Waals surface area contributed by atoms with Gasteiger partial charge in [0.1, 0.15) is 0 Å². The minimum absolute atomic E-state index is 0.117. The lowest BCUT2D eigenvalue weighted by Gasteiger charge is -2.21. The van der Waals surface area contributed by atoms with Crippen LogP contribution in [0.25, 0.3) is 0 Å². The van der Waals surface area contributed by atoms with E-state index in [0.717, 1.165) is 38.7 Å². The van der Waals surface area contributed by atoms with Crippen molar-refractivity contribution >= 4 is 0 Å². The van der Waals surface area contributed by atoms with Gasteiger partial charge in [-0.2, -0.15) is 0 Å². The molecule has 0 spiro atoms. The Bertz CT molecular complexity index is 140. The van der Waals surface area contributed by atoms with Gasteiger partial charge >= 0.3 is 0 Å². The molecule has 0 atom stereocenters. The SMILES string of the molecule is NCCCN(CCOCCO)C1CC1. The standard InChI is InChI=1S/C10H22N2O2/c11-4-1-5-12(10-2-3-10)6-8-14-9-7-13/h10,13H,1-9,11H2. The lowest BCUT2D eigenvalue weighted by Crippen LogP contribution is -2.32. The highest BCUT2D eigenvalue weighted by Crippen LogP contribution is 2.26. The molecule has 4 nitrogen and oxygen atoms in total. The van der Waals surface area contributed by atoms with Crippen LogP contribution in [0.2, 0.25) is 0 Å². The van der Waals surface area contributed by atoms with Crippen LogP contribution >= 0.6 is 0 Å². The van der Waals surface area contributed by atoms with Crippen molar-refractivity contribution in [3.8, 4) is 0 Å². The third-order valence-electron chi connectivity index (χ3n) is 2.47. The minimum Gasteiger partial charge on any atom is -0.394 e. The van der Waals surface area contributed by atoms with E-state index >= 15 is 0 Å². The number of nitrogens with zero attached hydrogens (tertiary/aromatic N) is 1. The predicted octanol–water partition coefficient (Wildman–Crippen LogP) is -0.191. The van der Waals surface area contributed by atoms with Crippen LogP contribution in [0.1, 0.15) is 19.3 Å². The molecule has 0 aliphatic heterocycles. The number of aliphatic hydroxyl groups excluding tert-OH is 1. The van der Waals surface area contributed by atoms with Crippen molar-refractivity contribution in [1.82, 2.24) is 4.90 Å². The molecule has 4 heteroatoms. The van der Waals surface area contributed by atoms with E-state index in [2.05, 4.69) is 4.90 Å². The van der Waals surface area contributed by atoms with E-state index in [1.165, 1.54) is 12.8 Å². The van der Waals surface area contributed by atoms with Gasteiger partial charge in [-0.15, -0.1) is 0 Å². The fraction of sp³-hybridized carbons (Fsp3) is 1.00. The van der Waals surface area contributed by atoms with Gasteiger partial charge < -0.3 is 15.6 Å². The summed E-state index contributed by atoms with van der Waals surface area (Å²) in [5.41, 5.74) is 5.48. The highest BCUT2D eigenvalue weighted by atomic mass is 16.5. The zero-order valence-electron chi connectivity index (χ0n) is 8.82. The van der Waals surface area contributed by atoms with E-state index in [-0.39, 0.29) is 6.61 Å². The fourth-order valence-electron chi connectivity index (χ4n) is 1.56. The van der Waals surface area contributed by atoms with E-state index in [9.17, 15) is 0 Å². The molecule has 0 amide bonds. The zero-order valence-corrected chi connectivity index (χ0v) is 8.82. The largest absolute Gasteiger partial charge is 0.394 e. The van der Waals surface area contributed by atoms with E-state index < -0.39 is 0 Å². The Morgan fingerprint density at radius 2 is 2.07 bits per heavy atom. The van der Waals surface area contributed by atoms with Gasteiger partial charge in [-0.3, -0.25) is 4.90 Å². The van der Waals surface area contributed by atoms with Crippen molar-refractivity contribution in [3.05, 3.63) is 0 Å². The van der Waals surface area contributed by atoms with Gasteiger partial charge in [0.05, 0.1) is 19.8 Å². The van der Waals surface area contributed by atoms with Crippen molar-refractivity contribution in [2.75, 3.05) is 39.5 Å². The van der Waals surface area contributed by atoms with Crippen LogP contribution in [-0.4, -0.2) is 55.5 Å². The maximum absolute atomic E-state index is 8.54. The van der Waals surface area contributed by atoms with Crippen molar-refractivity contribution in [2.24, 2.45) is 5.73 Å². The molecule has 84 valence electrons. The average Bonchev–Trinajstić information content (AvgIpc) is 3.00. The molecule has 3 N–H and O–H groups in total. The van der Waals surface area contributed by atoms with Gasteiger partial charge in [-0.05, 0) is 32.4 Å². The molecule has 1 fully saturated rings. The van der Waals surface area contributed by atoms with Crippen LogP contribution in [-0.2, 0) is 4.74 Å². The maximum Gasteiger partial charge on any atom is 0.0698 e. The molecule has 0 heterocycles. The lowest BCUT2D eigenvalue weighted by molar-refractivity contribution is 0.0718. The molecular formula is C10H22N2O2. The second-order valence-electron chi connectivity index (χ2n) is 3.75. The first-order valence-electron chi connectivity index (χ1n) is 5.51. The zero-order chi connectivity index (χ0) is 10.2. The van der Waals surface area contributed by atoms with Gasteiger partial charge in [0.2, 0.25) is 0 Å². The van der Waals surface area contributed by atoms with Gasteiger partial charge in [0.15, 0.2) is 0 Å². The van der Waals surface area contributed by atoms with Crippen molar-refractivity contribution in [2.45, 2.75) is 25.3 Å². The van der Waals surface area contributed by atoms with Gasteiger partial charge in [0.25, 0.3) is 0 Å². The van der Waals surface area contributed by atoms with Crippen LogP contribution in [0.3, 0.4) is 0 Å². The Hall–Kier alpha value is -0.160. The fourth-order valence-corrected chi connectivity index (χ4v) is 1.56. The molecule has 1 rings (SSSR count). The summed E-state index contributed by atoms with van der Waals surface area (Å²) >= 11 is 0. The normalized spacial score (nSPS) is 16.5. The summed E-state index contributed by atoms with van der Waals surface area (Å²) in [5, 5.41) is 8.54. The highest BCUT2D eigenvalue weighted by Gasteiger charge is 2.27. The summed E-state index contributed by atoms with van der Waals surface area (Å²) in [6, 6.07) is 0.777. The van der Waals surface area contributed by atoms with Gasteiger partial charge in [-0.25, -0.2) is 0 Å². The Labute approximate surface area is 86.0 Å². The van der Waals surface area contributed by atoms with Crippen molar-refractivity contribution in [1.29, 1.82) is 0 Å². The molecule has 0 bridgehead atoms. The molecule has 14 heavy (non-hydrogen) atoms. The van der Waals surface area contributed by atoms with E-state index in [4.69, 9.17) is 15.6 Å². The molecule has 0 aromatic rings. The second kappa shape index (κ2) is 7.17. The summed E-state index contributed by atoms with van der Waals surface area (Å²) in [6.07, 6.45) is 3.71. The quantitative estimate of drug-likeness (QED) is 0.509. The van der Waals surface area contributed by atoms with Crippen LogP contribution < -0.4 is 5.73 Å². The number of rotatable bonds is 9. The van der Waals surface area contributed by atoms with Gasteiger partial charge in [0, 0.05) is 12.6 Å². The van der Waals surface area contributed by atoms with E-state index in [1.807, 2.05) is 0 Å². The Morgan fingerprint density at radius 3 is 2.64 bits per heavy atom. The first-order valence-corrected chi connectivity index (χ1v) is 5.51. The predicted molar refractivity (Wildman–Crippen MR) is 56.2 cm³/mol. The van der Waals surface area contributed by atoms with Crippen LogP contribution in [0.5, 0.6) is 0 Å².